The van der Waals surface area contributed by atoms with Gasteiger partial charge in [-0.15, -0.1) is 0 Å². The van der Waals surface area contributed by atoms with Crippen LogP contribution in [0.5, 0.6) is 28.7 Å². The van der Waals surface area contributed by atoms with Crippen molar-refractivity contribution in [2.24, 2.45) is 0 Å². The molecule has 17 heteroatoms. The molecule has 5 rings (SSSR count). The second-order valence-electron chi connectivity index (χ2n) is 10.9. The molecule has 0 radical (unpaired) electrons. The molecule has 2 saturated heterocycles. The van der Waals surface area contributed by atoms with Gasteiger partial charge in [0.05, 0.1) is 53.3 Å². The van der Waals surface area contributed by atoms with Crippen molar-refractivity contribution in [1.82, 2.24) is 0 Å². The van der Waals surface area contributed by atoms with E-state index >= 15 is 0 Å². The number of ether oxygens (including phenoxy) is 7. The van der Waals surface area contributed by atoms with Crippen molar-refractivity contribution < 1.29 is 78.4 Å². The molecular weight excluding hydrogens is 632 g/mol. The number of phenols is 1. The summed E-state index contributed by atoms with van der Waals surface area (Å²) in [5.74, 6) is -1.09. The van der Waals surface area contributed by atoms with Crippen LogP contribution in [0.25, 0.3) is 22.3 Å². The first-order valence-corrected chi connectivity index (χ1v) is 14.3. The monoisotopic (exact) mass is 668 g/mol. The average Bonchev–Trinajstić information content (AvgIpc) is 3.36. The number of aliphatic hydroxyl groups excluding tert-OH is 6. The lowest BCUT2D eigenvalue weighted by Gasteiger charge is -2.42. The van der Waals surface area contributed by atoms with Crippen molar-refractivity contribution in [3.8, 4) is 40.1 Å². The SMILES string of the molecule is COc1ccc(-c2oc3cc(OC)c(CO)c(OC)c3c(=O)c2O[C@@H]2O[C@H](CO)[C@H](O)[C@H](O)[C@H]2O[C@@H]2OC[C@](O)(CO)[C@H]2O)cc1O. The summed E-state index contributed by atoms with van der Waals surface area (Å²) >= 11 is 0. The van der Waals surface area contributed by atoms with Gasteiger partial charge in [-0.05, 0) is 18.2 Å². The number of aromatic hydroxyl groups is 1. The Labute approximate surface area is 266 Å². The Morgan fingerprint density at radius 3 is 2.23 bits per heavy atom. The van der Waals surface area contributed by atoms with Gasteiger partial charge in [-0.1, -0.05) is 0 Å². The predicted molar refractivity (Wildman–Crippen MR) is 156 cm³/mol. The molecule has 8 atom stereocenters. The average molecular weight is 669 g/mol. The van der Waals surface area contributed by atoms with E-state index in [1.165, 1.54) is 45.6 Å². The highest BCUT2D eigenvalue weighted by molar-refractivity contribution is 5.90. The van der Waals surface area contributed by atoms with Gasteiger partial charge >= 0.3 is 0 Å². The molecule has 2 aliphatic rings. The van der Waals surface area contributed by atoms with Crippen molar-refractivity contribution in [3.05, 3.63) is 40.1 Å². The molecule has 2 aliphatic heterocycles. The van der Waals surface area contributed by atoms with Gasteiger partial charge in [0.2, 0.25) is 17.5 Å². The standard InChI is InChI=1S/C30H36O17/c1-40-15-5-4-12(6-14(15)34)23-25(21(36)19-17(44-23)7-16(41-2)13(8-31)24(19)42-3)46-28-26(22(37)20(35)18(9-32)45-28)47-29-27(38)30(39,10-33)11-43-29/h4-7,18,20,22,26-29,31-35,37-39H,8-11H2,1-3H3/t18-,20+,22+,26-,27+,28+,29+,30-/m1/s1. The summed E-state index contributed by atoms with van der Waals surface area (Å²) in [6, 6.07) is 5.39. The molecule has 0 saturated carbocycles. The highest BCUT2D eigenvalue weighted by Crippen LogP contribution is 2.42. The van der Waals surface area contributed by atoms with Crippen molar-refractivity contribution in [3.63, 3.8) is 0 Å². The number of fused-ring (bicyclic) bond motifs is 1. The molecule has 47 heavy (non-hydrogen) atoms. The van der Waals surface area contributed by atoms with Crippen LogP contribution in [0.1, 0.15) is 5.56 Å². The number of benzene rings is 2. The van der Waals surface area contributed by atoms with Gasteiger partial charge in [0.1, 0.15) is 52.5 Å². The molecule has 0 unspecified atom stereocenters. The van der Waals surface area contributed by atoms with Crippen molar-refractivity contribution in [1.29, 1.82) is 0 Å². The first-order valence-electron chi connectivity index (χ1n) is 14.3. The third kappa shape index (κ3) is 6.06. The summed E-state index contributed by atoms with van der Waals surface area (Å²) in [7, 11) is 3.92. The Morgan fingerprint density at radius 1 is 0.936 bits per heavy atom. The second kappa shape index (κ2) is 13.8. The maximum absolute atomic E-state index is 14.3. The molecule has 2 fully saturated rings. The van der Waals surface area contributed by atoms with Gasteiger partial charge in [0.25, 0.3) is 0 Å². The number of hydrogen-bond donors (Lipinski definition) is 8. The predicted octanol–water partition coefficient (Wildman–Crippen LogP) is -1.67. The summed E-state index contributed by atoms with van der Waals surface area (Å²) in [5, 5.41) is 82.5. The number of methoxy groups -OCH3 is 3. The molecule has 0 bridgehead atoms. The van der Waals surface area contributed by atoms with Crippen LogP contribution in [0.3, 0.4) is 0 Å². The molecule has 3 aromatic rings. The number of aliphatic hydroxyl groups is 7. The normalized spacial score (nSPS) is 29.2. The van der Waals surface area contributed by atoms with Gasteiger partial charge < -0.3 is 78.4 Å². The maximum atomic E-state index is 14.3. The zero-order chi connectivity index (χ0) is 34.2. The zero-order valence-corrected chi connectivity index (χ0v) is 25.4. The van der Waals surface area contributed by atoms with E-state index in [-0.39, 0.29) is 50.9 Å². The van der Waals surface area contributed by atoms with Crippen molar-refractivity contribution in [2.75, 3.05) is 41.2 Å². The molecule has 2 aromatic carbocycles. The van der Waals surface area contributed by atoms with E-state index in [0.29, 0.717) is 0 Å². The van der Waals surface area contributed by atoms with Gasteiger partial charge in [-0.3, -0.25) is 4.79 Å². The van der Waals surface area contributed by atoms with E-state index in [9.17, 15) is 45.6 Å². The Morgan fingerprint density at radius 2 is 1.66 bits per heavy atom. The largest absolute Gasteiger partial charge is 0.504 e. The van der Waals surface area contributed by atoms with Gasteiger partial charge in [0, 0.05) is 11.6 Å². The Hall–Kier alpha value is -3.75. The lowest BCUT2D eigenvalue weighted by molar-refractivity contribution is -0.319. The Kier molecular flexibility index (Phi) is 10.1. The topological polar surface area (TPSA) is 257 Å². The van der Waals surface area contributed by atoms with Crippen LogP contribution in [-0.4, -0.2) is 131 Å². The molecule has 0 spiro atoms. The van der Waals surface area contributed by atoms with E-state index in [1.54, 1.807) is 0 Å². The van der Waals surface area contributed by atoms with Crippen LogP contribution in [0.4, 0.5) is 0 Å². The van der Waals surface area contributed by atoms with Gasteiger partial charge in [-0.25, -0.2) is 0 Å². The van der Waals surface area contributed by atoms with E-state index in [1.807, 2.05) is 0 Å². The molecule has 8 N–H and O–H groups in total. The fourth-order valence-corrected chi connectivity index (χ4v) is 5.48. The van der Waals surface area contributed by atoms with Crippen LogP contribution in [-0.2, 0) is 20.8 Å². The van der Waals surface area contributed by atoms with Crippen molar-refractivity contribution in [2.45, 2.75) is 55.3 Å². The van der Waals surface area contributed by atoms with Crippen LogP contribution >= 0.6 is 0 Å². The summed E-state index contributed by atoms with van der Waals surface area (Å²) in [5.41, 5.74) is -2.88. The highest BCUT2D eigenvalue weighted by atomic mass is 16.8. The first kappa shape index (κ1) is 34.6. The molecule has 258 valence electrons. The number of phenolic OH excluding ortho intramolecular Hbond substituents is 1. The third-order valence-corrected chi connectivity index (χ3v) is 8.11. The molecule has 17 nitrogen and oxygen atoms in total. The lowest BCUT2D eigenvalue weighted by Crippen LogP contribution is -2.62. The zero-order valence-electron chi connectivity index (χ0n) is 25.4. The van der Waals surface area contributed by atoms with E-state index < -0.39 is 86.3 Å². The number of rotatable bonds is 11. The number of hydrogen-bond acceptors (Lipinski definition) is 17. The molecule has 3 heterocycles. The lowest BCUT2D eigenvalue weighted by atomic mass is 9.98. The third-order valence-electron chi connectivity index (χ3n) is 8.11. The van der Waals surface area contributed by atoms with E-state index in [0.717, 1.165) is 0 Å². The van der Waals surface area contributed by atoms with Gasteiger partial charge in [-0.2, -0.15) is 0 Å². The molecular formula is C30H36O17. The summed E-state index contributed by atoms with van der Waals surface area (Å²) in [6.07, 6.45) is -12.2. The fraction of sp³-hybridized carbons (Fsp3) is 0.500. The Bertz CT molecular complexity index is 1640. The van der Waals surface area contributed by atoms with E-state index in [4.69, 9.17) is 37.6 Å². The first-order chi connectivity index (χ1) is 22.5. The minimum Gasteiger partial charge on any atom is -0.504 e. The molecule has 1 aromatic heterocycles. The minimum absolute atomic E-state index is 0.0784. The van der Waals surface area contributed by atoms with Crippen LogP contribution in [0, 0.1) is 0 Å². The quantitative estimate of drug-likeness (QED) is 0.114. The van der Waals surface area contributed by atoms with Crippen LogP contribution in [0.15, 0.2) is 33.5 Å². The van der Waals surface area contributed by atoms with Gasteiger partial charge in [0.15, 0.2) is 29.7 Å². The smallest absolute Gasteiger partial charge is 0.239 e. The maximum Gasteiger partial charge on any atom is 0.239 e. The van der Waals surface area contributed by atoms with E-state index in [2.05, 4.69) is 0 Å². The highest BCUT2D eigenvalue weighted by Gasteiger charge is 2.53. The fourth-order valence-electron chi connectivity index (χ4n) is 5.48. The van der Waals surface area contributed by atoms with Crippen LogP contribution < -0.4 is 24.4 Å². The summed E-state index contributed by atoms with van der Waals surface area (Å²) in [6.45, 7) is -2.86. The Balaban J connectivity index is 1.69. The summed E-state index contributed by atoms with van der Waals surface area (Å²) < 4.78 is 44.8. The minimum atomic E-state index is -2.11. The molecule has 0 aliphatic carbocycles. The molecule has 0 amide bonds. The van der Waals surface area contributed by atoms with Crippen molar-refractivity contribution >= 4 is 11.0 Å². The van der Waals surface area contributed by atoms with Crippen LogP contribution in [0.2, 0.25) is 0 Å². The summed E-state index contributed by atoms with van der Waals surface area (Å²) in [4.78, 5) is 14.3. The second-order valence-corrected chi connectivity index (χ2v) is 10.9.